The van der Waals surface area contributed by atoms with Gasteiger partial charge < -0.3 is 4.42 Å². The third-order valence-electron chi connectivity index (χ3n) is 2.21. The second kappa shape index (κ2) is 5.12. The van der Waals surface area contributed by atoms with Crippen molar-refractivity contribution in [2.45, 2.75) is 25.0 Å². The standard InChI is InChI=1S/C11H12N2O2S/c1-2-9-11(12-7-16-9)13-10(14)6-8-4-3-5-15-8/h3-5,7,9H,2,6H2,1H3/b13-11+. The van der Waals surface area contributed by atoms with Gasteiger partial charge in [-0.25, -0.2) is 4.99 Å². The van der Waals surface area contributed by atoms with Crippen molar-refractivity contribution in [2.75, 3.05) is 0 Å². The molecule has 2 rings (SSSR count). The summed E-state index contributed by atoms with van der Waals surface area (Å²) in [6.07, 6.45) is 2.68. The molecule has 0 N–H and O–H groups in total. The maximum absolute atomic E-state index is 11.6. The minimum atomic E-state index is -0.206. The molecule has 0 fully saturated rings. The molecule has 0 bridgehead atoms. The molecule has 0 spiro atoms. The van der Waals surface area contributed by atoms with E-state index in [0.29, 0.717) is 11.6 Å². The monoisotopic (exact) mass is 236 g/mol. The fourth-order valence-electron chi connectivity index (χ4n) is 1.41. The minimum absolute atomic E-state index is 0.202. The third kappa shape index (κ3) is 2.61. The van der Waals surface area contributed by atoms with Crippen molar-refractivity contribution in [3.05, 3.63) is 24.2 Å². The van der Waals surface area contributed by atoms with Crippen LogP contribution in [-0.4, -0.2) is 22.5 Å². The lowest BCUT2D eigenvalue weighted by Crippen LogP contribution is -2.12. The highest BCUT2D eigenvalue weighted by Crippen LogP contribution is 2.20. The van der Waals surface area contributed by atoms with Crippen molar-refractivity contribution in [1.29, 1.82) is 0 Å². The molecule has 0 saturated heterocycles. The van der Waals surface area contributed by atoms with Crippen molar-refractivity contribution in [1.82, 2.24) is 0 Å². The molecule has 4 nitrogen and oxygen atoms in total. The van der Waals surface area contributed by atoms with Crippen LogP contribution >= 0.6 is 11.8 Å². The van der Waals surface area contributed by atoms with Gasteiger partial charge in [0.1, 0.15) is 11.6 Å². The molecule has 1 atom stereocenters. The summed E-state index contributed by atoms with van der Waals surface area (Å²) in [5.74, 6) is 1.06. The fraction of sp³-hybridized carbons (Fsp3) is 0.364. The van der Waals surface area contributed by atoms with Gasteiger partial charge in [-0.05, 0) is 18.6 Å². The number of nitrogens with zero attached hydrogens (tertiary/aromatic N) is 2. The molecule has 84 valence electrons. The first kappa shape index (κ1) is 11.1. The van der Waals surface area contributed by atoms with Crippen LogP contribution in [0.25, 0.3) is 0 Å². The second-order valence-electron chi connectivity index (χ2n) is 3.39. The van der Waals surface area contributed by atoms with Gasteiger partial charge in [-0.3, -0.25) is 4.79 Å². The summed E-state index contributed by atoms with van der Waals surface area (Å²) >= 11 is 1.60. The van der Waals surface area contributed by atoms with Crippen molar-refractivity contribution in [3.63, 3.8) is 0 Å². The normalized spacial score (nSPS) is 21.8. The molecular formula is C11H12N2O2S. The van der Waals surface area contributed by atoms with Gasteiger partial charge in [-0.15, -0.1) is 11.8 Å². The summed E-state index contributed by atoms with van der Waals surface area (Å²) in [5, 5.41) is 0.223. The van der Waals surface area contributed by atoms with Crippen LogP contribution in [0.15, 0.2) is 32.8 Å². The van der Waals surface area contributed by atoms with E-state index in [1.54, 1.807) is 35.7 Å². The summed E-state index contributed by atoms with van der Waals surface area (Å²) < 4.78 is 5.09. The van der Waals surface area contributed by atoms with E-state index in [9.17, 15) is 4.79 Å². The van der Waals surface area contributed by atoms with Gasteiger partial charge >= 0.3 is 0 Å². The van der Waals surface area contributed by atoms with E-state index in [0.717, 1.165) is 6.42 Å². The van der Waals surface area contributed by atoms with Gasteiger partial charge in [-0.1, -0.05) is 6.92 Å². The van der Waals surface area contributed by atoms with Gasteiger partial charge in [-0.2, -0.15) is 4.99 Å². The van der Waals surface area contributed by atoms with Crippen LogP contribution in [0.2, 0.25) is 0 Å². The van der Waals surface area contributed by atoms with E-state index in [2.05, 4.69) is 16.9 Å². The van der Waals surface area contributed by atoms with E-state index >= 15 is 0 Å². The SMILES string of the molecule is CCC1SC=N/C1=N/C(=O)Cc1ccco1. The lowest BCUT2D eigenvalue weighted by atomic mass is 10.3. The molecule has 1 amide bonds. The predicted molar refractivity (Wildman–Crippen MR) is 65.0 cm³/mol. The molecule has 0 saturated carbocycles. The Kier molecular flexibility index (Phi) is 3.56. The summed E-state index contributed by atoms with van der Waals surface area (Å²) in [6, 6.07) is 3.52. The highest BCUT2D eigenvalue weighted by molar-refractivity contribution is 8.13. The average Bonchev–Trinajstić information content (AvgIpc) is 2.88. The van der Waals surface area contributed by atoms with Gasteiger partial charge in [0.05, 0.1) is 23.5 Å². The van der Waals surface area contributed by atoms with Gasteiger partial charge in [0.15, 0.2) is 0 Å². The quantitative estimate of drug-likeness (QED) is 0.809. The number of hydrogen-bond acceptors (Lipinski definition) is 3. The van der Waals surface area contributed by atoms with Crippen LogP contribution < -0.4 is 0 Å². The molecule has 0 aromatic carbocycles. The molecule has 0 radical (unpaired) electrons. The van der Waals surface area contributed by atoms with Crippen LogP contribution in [0.4, 0.5) is 0 Å². The molecule has 5 heteroatoms. The smallest absolute Gasteiger partial charge is 0.255 e. The number of carbonyl (C=O) groups is 1. The Morgan fingerprint density at radius 1 is 1.69 bits per heavy atom. The second-order valence-corrected chi connectivity index (χ2v) is 4.44. The zero-order valence-corrected chi connectivity index (χ0v) is 9.74. The number of carbonyl (C=O) groups excluding carboxylic acids is 1. The van der Waals surface area contributed by atoms with Crippen molar-refractivity contribution in [2.24, 2.45) is 9.98 Å². The van der Waals surface area contributed by atoms with Crippen LogP contribution in [-0.2, 0) is 11.2 Å². The maximum Gasteiger partial charge on any atom is 0.255 e. The molecule has 1 aliphatic heterocycles. The number of amides is 1. The highest BCUT2D eigenvalue weighted by atomic mass is 32.2. The summed E-state index contributed by atoms with van der Waals surface area (Å²) in [4.78, 5) is 19.7. The Morgan fingerprint density at radius 2 is 2.56 bits per heavy atom. The topological polar surface area (TPSA) is 54.9 Å². The first-order valence-corrected chi connectivity index (χ1v) is 6.05. The van der Waals surface area contributed by atoms with Crippen molar-refractivity contribution >= 4 is 29.1 Å². The molecule has 1 aliphatic rings. The molecule has 1 aromatic heterocycles. The number of hydrogen-bond donors (Lipinski definition) is 0. The summed E-state index contributed by atoms with van der Waals surface area (Å²) in [5.41, 5.74) is 1.74. The van der Waals surface area contributed by atoms with E-state index in [1.807, 2.05) is 0 Å². The largest absolute Gasteiger partial charge is 0.469 e. The van der Waals surface area contributed by atoms with Gasteiger partial charge in [0.25, 0.3) is 5.91 Å². The molecule has 0 aliphatic carbocycles. The zero-order chi connectivity index (χ0) is 11.4. The van der Waals surface area contributed by atoms with Gasteiger partial charge in [0, 0.05) is 0 Å². The molecular weight excluding hydrogens is 224 g/mol. The number of aliphatic imine (C=N–C) groups is 2. The van der Waals surface area contributed by atoms with E-state index in [-0.39, 0.29) is 17.6 Å². The molecule has 2 heterocycles. The van der Waals surface area contributed by atoms with Crippen LogP contribution in [0.3, 0.4) is 0 Å². The molecule has 16 heavy (non-hydrogen) atoms. The predicted octanol–water partition coefficient (Wildman–Crippen LogP) is 2.30. The Labute approximate surface area is 97.8 Å². The average molecular weight is 236 g/mol. The third-order valence-corrected chi connectivity index (χ3v) is 3.31. The van der Waals surface area contributed by atoms with Crippen molar-refractivity contribution < 1.29 is 9.21 Å². The summed E-state index contributed by atoms with van der Waals surface area (Å²) in [7, 11) is 0. The van der Waals surface area contributed by atoms with E-state index < -0.39 is 0 Å². The summed E-state index contributed by atoms with van der Waals surface area (Å²) in [6.45, 7) is 2.05. The number of furan rings is 1. The van der Waals surface area contributed by atoms with Crippen molar-refractivity contribution in [3.8, 4) is 0 Å². The lowest BCUT2D eigenvalue weighted by molar-refractivity contribution is -0.117. The number of rotatable bonds is 3. The van der Waals surface area contributed by atoms with E-state index in [4.69, 9.17) is 4.42 Å². The van der Waals surface area contributed by atoms with Crippen LogP contribution in [0, 0.1) is 0 Å². The Balaban J connectivity index is 2.00. The van der Waals surface area contributed by atoms with Crippen LogP contribution in [0.1, 0.15) is 19.1 Å². The Hall–Kier alpha value is -1.36. The molecule has 1 aromatic rings. The Bertz CT molecular complexity index is 423. The van der Waals surface area contributed by atoms with Gasteiger partial charge in [0.2, 0.25) is 0 Å². The lowest BCUT2D eigenvalue weighted by Gasteiger charge is -2.03. The molecule has 1 unspecified atom stereocenters. The Morgan fingerprint density at radius 3 is 3.25 bits per heavy atom. The van der Waals surface area contributed by atoms with E-state index in [1.165, 1.54) is 0 Å². The first-order chi connectivity index (χ1) is 7.79. The number of thioether (sulfide) groups is 1. The number of amidine groups is 1. The fourth-order valence-corrected chi connectivity index (χ4v) is 2.15. The zero-order valence-electron chi connectivity index (χ0n) is 8.92. The minimum Gasteiger partial charge on any atom is -0.469 e. The maximum atomic E-state index is 11.6. The first-order valence-electron chi connectivity index (χ1n) is 5.11. The highest BCUT2D eigenvalue weighted by Gasteiger charge is 2.19. The van der Waals surface area contributed by atoms with Crippen LogP contribution in [0.5, 0.6) is 0 Å².